The quantitative estimate of drug-likeness (QED) is 0.842. The summed E-state index contributed by atoms with van der Waals surface area (Å²) in [5.41, 5.74) is 2.62. The molecule has 132 valence electrons. The summed E-state index contributed by atoms with van der Waals surface area (Å²) in [4.78, 5) is 21.8. The third-order valence-corrected chi connectivity index (χ3v) is 5.21. The second-order valence-electron chi connectivity index (χ2n) is 6.83. The molecule has 1 saturated heterocycles. The van der Waals surface area contributed by atoms with Crippen LogP contribution < -0.4 is 4.90 Å². The molecule has 0 spiro atoms. The van der Waals surface area contributed by atoms with Crippen molar-refractivity contribution in [3.05, 3.63) is 47.3 Å². The normalized spacial score (nSPS) is 17.5. The maximum atomic E-state index is 13.1. The molecule has 0 atom stereocenters. The van der Waals surface area contributed by atoms with E-state index < -0.39 is 0 Å². The van der Waals surface area contributed by atoms with E-state index in [0.29, 0.717) is 13.1 Å². The molecule has 2 aliphatic heterocycles. The van der Waals surface area contributed by atoms with E-state index in [2.05, 4.69) is 14.5 Å². The Balaban J connectivity index is 1.47. The summed E-state index contributed by atoms with van der Waals surface area (Å²) in [5.74, 6) is 0.924. The van der Waals surface area contributed by atoms with Gasteiger partial charge in [-0.05, 0) is 44.0 Å². The molecule has 5 nitrogen and oxygen atoms in total. The van der Waals surface area contributed by atoms with Gasteiger partial charge >= 0.3 is 0 Å². The molecule has 0 radical (unpaired) electrons. The van der Waals surface area contributed by atoms with E-state index in [1.807, 2.05) is 11.8 Å². The van der Waals surface area contributed by atoms with Gasteiger partial charge in [0.1, 0.15) is 17.3 Å². The van der Waals surface area contributed by atoms with Crippen LogP contribution in [0.25, 0.3) is 0 Å². The van der Waals surface area contributed by atoms with Crippen molar-refractivity contribution in [1.29, 1.82) is 0 Å². The molecule has 2 aromatic rings. The Hall–Kier alpha value is -2.37. The number of rotatable bonds is 2. The van der Waals surface area contributed by atoms with Gasteiger partial charge in [0.05, 0.1) is 5.69 Å². The van der Waals surface area contributed by atoms with E-state index in [9.17, 15) is 9.18 Å². The molecule has 0 bridgehead atoms. The van der Waals surface area contributed by atoms with Crippen LogP contribution in [-0.4, -0.2) is 46.5 Å². The number of imidazole rings is 1. The second kappa shape index (κ2) is 6.50. The molecule has 1 aromatic carbocycles. The largest absolute Gasteiger partial charge is 0.368 e. The van der Waals surface area contributed by atoms with Gasteiger partial charge in [0.25, 0.3) is 5.91 Å². The second-order valence-corrected chi connectivity index (χ2v) is 6.83. The standard InChI is InChI=1S/C19H23FN4O/c1-14-18(24-9-3-2-4-17(24)21-14)19(25)23-12-10-22(11-13-23)16-7-5-15(20)6-8-16/h5-8H,2-4,9-13H2,1H3. The molecule has 0 unspecified atom stereocenters. The van der Waals surface area contributed by atoms with Crippen molar-refractivity contribution >= 4 is 11.6 Å². The van der Waals surface area contributed by atoms with Crippen molar-refractivity contribution in [3.63, 3.8) is 0 Å². The lowest BCUT2D eigenvalue weighted by atomic mass is 10.1. The Bertz CT molecular complexity index is 775. The van der Waals surface area contributed by atoms with Gasteiger partial charge in [-0.15, -0.1) is 0 Å². The SMILES string of the molecule is Cc1nc2n(c1C(=O)N1CCN(c3ccc(F)cc3)CC1)CCCC2. The molecular formula is C19H23FN4O. The van der Waals surface area contributed by atoms with E-state index in [1.54, 1.807) is 12.1 Å². The van der Waals surface area contributed by atoms with Gasteiger partial charge in [-0.25, -0.2) is 9.37 Å². The average molecular weight is 342 g/mol. The van der Waals surface area contributed by atoms with Crippen LogP contribution in [0.1, 0.15) is 34.8 Å². The minimum Gasteiger partial charge on any atom is -0.368 e. The maximum absolute atomic E-state index is 13.1. The summed E-state index contributed by atoms with van der Waals surface area (Å²) in [5, 5.41) is 0. The number of hydrogen-bond donors (Lipinski definition) is 0. The molecule has 6 heteroatoms. The zero-order chi connectivity index (χ0) is 17.4. The summed E-state index contributed by atoms with van der Waals surface area (Å²) >= 11 is 0. The highest BCUT2D eigenvalue weighted by Crippen LogP contribution is 2.22. The maximum Gasteiger partial charge on any atom is 0.272 e. The van der Waals surface area contributed by atoms with Gasteiger partial charge in [0, 0.05) is 44.8 Å². The third-order valence-electron chi connectivity index (χ3n) is 5.21. The van der Waals surface area contributed by atoms with Crippen LogP contribution in [0.15, 0.2) is 24.3 Å². The number of carbonyl (C=O) groups is 1. The number of carbonyl (C=O) groups excluding carboxylic acids is 1. The lowest BCUT2D eigenvalue weighted by Crippen LogP contribution is -2.49. The number of fused-ring (bicyclic) bond motifs is 1. The number of hydrogen-bond acceptors (Lipinski definition) is 3. The fourth-order valence-corrected chi connectivity index (χ4v) is 3.86. The summed E-state index contributed by atoms with van der Waals surface area (Å²) in [7, 11) is 0. The molecule has 0 N–H and O–H groups in total. The zero-order valence-corrected chi connectivity index (χ0v) is 14.5. The van der Waals surface area contributed by atoms with E-state index in [-0.39, 0.29) is 11.7 Å². The van der Waals surface area contributed by atoms with Crippen molar-refractivity contribution < 1.29 is 9.18 Å². The molecule has 1 fully saturated rings. The van der Waals surface area contributed by atoms with Crippen LogP contribution in [0.2, 0.25) is 0 Å². The smallest absolute Gasteiger partial charge is 0.272 e. The summed E-state index contributed by atoms with van der Waals surface area (Å²) < 4.78 is 15.2. The molecule has 1 amide bonds. The van der Waals surface area contributed by atoms with Crippen molar-refractivity contribution in [2.45, 2.75) is 32.7 Å². The lowest BCUT2D eigenvalue weighted by Gasteiger charge is -2.36. The van der Waals surface area contributed by atoms with Crippen molar-refractivity contribution in [3.8, 4) is 0 Å². The van der Waals surface area contributed by atoms with Gasteiger partial charge in [-0.3, -0.25) is 4.79 Å². The van der Waals surface area contributed by atoms with Crippen LogP contribution in [0, 0.1) is 12.7 Å². The predicted octanol–water partition coefficient (Wildman–Crippen LogP) is 2.63. The monoisotopic (exact) mass is 342 g/mol. The Morgan fingerprint density at radius 2 is 1.76 bits per heavy atom. The molecule has 25 heavy (non-hydrogen) atoms. The first-order valence-corrected chi connectivity index (χ1v) is 8.99. The van der Waals surface area contributed by atoms with Crippen LogP contribution in [0.5, 0.6) is 0 Å². The van der Waals surface area contributed by atoms with Gasteiger partial charge in [-0.1, -0.05) is 0 Å². The van der Waals surface area contributed by atoms with E-state index >= 15 is 0 Å². The zero-order valence-electron chi connectivity index (χ0n) is 14.5. The van der Waals surface area contributed by atoms with Crippen LogP contribution in [0.3, 0.4) is 0 Å². The van der Waals surface area contributed by atoms with E-state index in [0.717, 1.165) is 61.8 Å². The fourth-order valence-electron chi connectivity index (χ4n) is 3.86. The molecule has 0 saturated carbocycles. The first kappa shape index (κ1) is 16.1. The number of nitrogens with zero attached hydrogens (tertiary/aromatic N) is 4. The Morgan fingerprint density at radius 1 is 1.04 bits per heavy atom. The van der Waals surface area contributed by atoms with Crippen molar-refractivity contribution in [2.75, 3.05) is 31.1 Å². The molecule has 2 aliphatic rings. The predicted molar refractivity (Wildman–Crippen MR) is 94.4 cm³/mol. The third kappa shape index (κ3) is 3.01. The van der Waals surface area contributed by atoms with Gasteiger partial charge in [-0.2, -0.15) is 0 Å². The molecule has 0 aliphatic carbocycles. The van der Waals surface area contributed by atoms with E-state index in [4.69, 9.17) is 0 Å². The fraction of sp³-hybridized carbons (Fsp3) is 0.474. The summed E-state index contributed by atoms with van der Waals surface area (Å²) in [6.45, 7) is 5.71. The average Bonchev–Trinajstić information content (AvgIpc) is 2.97. The van der Waals surface area contributed by atoms with Crippen LogP contribution >= 0.6 is 0 Å². The Kier molecular flexibility index (Phi) is 4.19. The highest BCUT2D eigenvalue weighted by atomic mass is 19.1. The first-order chi connectivity index (χ1) is 12.1. The summed E-state index contributed by atoms with van der Waals surface area (Å²) in [6, 6.07) is 6.55. The van der Waals surface area contributed by atoms with Gasteiger partial charge in [0.2, 0.25) is 0 Å². The topological polar surface area (TPSA) is 41.4 Å². The molecule has 3 heterocycles. The van der Waals surface area contributed by atoms with Crippen molar-refractivity contribution in [1.82, 2.24) is 14.5 Å². The minimum atomic E-state index is -0.224. The van der Waals surface area contributed by atoms with Gasteiger partial charge < -0.3 is 14.4 Å². The molecular weight excluding hydrogens is 319 g/mol. The number of aryl methyl sites for hydroxylation is 2. The van der Waals surface area contributed by atoms with Crippen LogP contribution in [0.4, 0.5) is 10.1 Å². The first-order valence-electron chi connectivity index (χ1n) is 8.99. The van der Waals surface area contributed by atoms with Gasteiger partial charge in [0.15, 0.2) is 0 Å². The number of aromatic nitrogens is 2. The Labute approximate surface area is 147 Å². The summed E-state index contributed by atoms with van der Waals surface area (Å²) in [6.07, 6.45) is 3.23. The minimum absolute atomic E-state index is 0.0944. The van der Waals surface area contributed by atoms with Crippen molar-refractivity contribution in [2.24, 2.45) is 0 Å². The molecule has 4 rings (SSSR count). The molecule has 1 aromatic heterocycles. The number of anilines is 1. The van der Waals surface area contributed by atoms with E-state index in [1.165, 1.54) is 12.1 Å². The number of halogens is 1. The Morgan fingerprint density at radius 3 is 2.48 bits per heavy atom. The number of amides is 1. The number of benzene rings is 1. The lowest BCUT2D eigenvalue weighted by molar-refractivity contribution is 0.0733. The van der Waals surface area contributed by atoms with Crippen LogP contribution in [-0.2, 0) is 13.0 Å². The highest BCUT2D eigenvalue weighted by molar-refractivity contribution is 5.94. The highest BCUT2D eigenvalue weighted by Gasteiger charge is 2.28. The number of piperazine rings is 1.